The lowest BCUT2D eigenvalue weighted by atomic mass is 10.2. The zero-order chi connectivity index (χ0) is 14.7. The van der Waals surface area contributed by atoms with Crippen LogP contribution < -0.4 is 0 Å². The van der Waals surface area contributed by atoms with Gasteiger partial charge in [-0.2, -0.15) is 22.0 Å². The number of methoxy groups -OCH3 is 1. The van der Waals surface area contributed by atoms with E-state index in [9.17, 15) is 31.5 Å². The van der Waals surface area contributed by atoms with Crippen molar-refractivity contribution in [1.82, 2.24) is 4.90 Å². The van der Waals surface area contributed by atoms with Crippen LogP contribution in [0, 0.1) is 0 Å². The first-order valence-electron chi connectivity index (χ1n) is 4.77. The smallest absolute Gasteiger partial charge is 0.463 e. The fourth-order valence-corrected chi connectivity index (χ4v) is 0.994. The molecule has 18 heavy (non-hydrogen) atoms. The van der Waals surface area contributed by atoms with E-state index in [0.717, 1.165) is 7.11 Å². The average Bonchev–Trinajstić information content (AvgIpc) is 2.22. The number of ether oxygens (including phenoxy) is 1. The Labute approximate surface area is 99.7 Å². The van der Waals surface area contributed by atoms with E-state index in [-0.39, 0.29) is 4.90 Å². The van der Waals surface area contributed by atoms with Crippen molar-refractivity contribution >= 4 is 11.9 Å². The van der Waals surface area contributed by atoms with Gasteiger partial charge in [0, 0.05) is 6.04 Å². The Morgan fingerprint density at radius 3 is 1.89 bits per heavy atom. The van der Waals surface area contributed by atoms with Crippen LogP contribution in [0.1, 0.15) is 13.8 Å². The molecule has 0 N–H and O–H groups in total. The first-order valence-corrected chi connectivity index (χ1v) is 4.77. The largest absolute Gasteiger partial charge is 0.468 e. The van der Waals surface area contributed by atoms with Gasteiger partial charge in [-0.3, -0.25) is 9.59 Å². The minimum Gasteiger partial charge on any atom is -0.468 e. The monoisotopic (exact) mass is 277 g/mol. The number of nitrogens with zero attached hydrogens (tertiary/aromatic N) is 1. The molecule has 0 saturated heterocycles. The van der Waals surface area contributed by atoms with E-state index in [0.29, 0.717) is 0 Å². The van der Waals surface area contributed by atoms with Crippen molar-refractivity contribution in [3.05, 3.63) is 0 Å². The molecular formula is C9H12F5NO3. The summed E-state index contributed by atoms with van der Waals surface area (Å²) in [5.41, 5.74) is 0. The number of alkyl halides is 5. The second-order valence-corrected chi connectivity index (χ2v) is 3.68. The normalized spacial score (nSPS) is 12.5. The molecule has 0 fully saturated rings. The third-order valence-corrected chi connectivity index (χ3v) is 2.04. The van der Waals surface area contributed by atoms with Gasteiger partial charge in [0.15, 0.2) is 0 Å². The molecule has 0 unspecified atom stereocenters. The molecular weight excluding hydrogens is 265 g/mol. The molecule has 0 radical (unpaired) electrons. The maximum Gasteiger partial charge on any atom is 0.463 e. The van der Waals surface area contributed by atoms with Gasteiger partial charge >= 0.3 is 24.0 Å². The van der Waals surface area contributed by atoms with Crippen LogP contribution in [0.3, 0.4) is 0 Å². The summed E-state index contributed by atoms with van der Waals surface area (Å²) < 4.78 is 65.8. The van der Waals surface area contributed by atoms with Gasteiger partial charge in [-0.05, 0) is 13.8 Å². The second kappa shape index (κ2) is 5.49. The molecule has 0 atom stereocenters. The van der Waals surface area contributed by atoms with Gasteiger partial charge in [-0.25, -0.2) is 0 Å². The number of esters is 1. The van der Waals surface area contributed by atoms with Crippen LogP contribution in [0.15, 0.2) is 0 Å². The molecule has 0 aliphatic heterocycles. The molecule has 0 rings (SSSR count). The summed E-state index contributed by atoms with van der Waals surface area (Å²) in [6.07, 6.45) is -6.01. The molecule has 0 aliphatic carbocycles. The number of carbonyl (C=O) groups is 2. The van der Waals surface area contributed by atoms with E-state index in [1.807, 2.05) is 0 Å². The highest BCUT2D eigenvalue weighted by atomic mass is 19.4. The minimum absolute atomic E-state index is 0.110. The molecule has 106 valence electrons. The van der Waals surface area contributed by atoms with E-state index in [4.69, 9.17) is 0 Å². The Kier molecular flexibility index (Phi) is 5.06. The Balaban J connectivity index is 5.16. The summed E-state index contributed by atoms with van der Waals surface area (Å²) >= 11 is 0. The highest BCUT2D eigenvalue weighted by Gasteiger charge is 2.64. The Hall–Kier alpha value is -1.41. The molecule has 0 aromatic rings. The third kappa shape index (κ3) is 3.54. The minimum atomic E-state index is -6.01. The highest BCUT2D eigenvalue weighted by Crippen LogP contribution is 2.37. The van der Waals surface area contributed by atoms with E-state index in [1.165, 1.54) is 13.8 Å². The predicted molar refractivity (Wildman–Crippen MR) is 49.9 cm³/mol. The summed E-state index contributed by atoms with van der Waals surface area (Å²) in [5.74, 6) is -9.10. The lowest BCUT2D eigenvalue weighted by Gasteiger charge is -2.30. The molecule has 0 aliphatic rings. The summed E-state index contributed by atoms with van der Waals surface area (Å²) in [6, 6.07) is -1.01. The first-order chi connectivity index (χ1) is 7.95. The number of hydrogen-bond acceptors (Lipinski definition) is 3. The van der Waals surface area contributed by atoms with E-state index in [1.54, 1.807) is 0 Å². The summed E-state index contributed by atoms with van der Waals surface area (Å²) in [5, 5.41) is 0. The van der Waals surface area contributed by atoms with E-state index >= 15 is 0 Å². The average molecular weight is 277 g/mol. The maximum absolute atomic E-state index is 12.8. The number of rotatable bonds is 4. The second-order valence-electron chi connectivity index (χ2n) is 3.68. The lowest BCUT2D eigenvalue weighted by Crippen LogP contribution is -2.55. The molecule has 0 spiro atoms. The van der Waals surface area contributed by atoms with Crippen LogP contribution in [0.2, 0.25) is 0 Å². The Morgan fingerprint density at radius 1 is 1.17 bits per heavy atom. The Bertz CT molecular complexity index is 327. The van der Waals surface area contributed by atoms with Crippen molar-refractivity contribution in [3.63, 3.8) is 0 Å². The van der Waals surface area contributed by atoms with Gasteiger partial charge < -0.3 is 9.64 Å². The van der Waals surface area contributed by atoms with Crippen molar-refractivity contribution < 1.29 is 36.3 Å². The molecule has 9 heteroatoms. The number of amides is 1. The number of halogens is 5. The van der Waals surface area contributed by atoms with Gasteiger partial charge in [0.05, 0.1) is 7.11 Å². The zero-order valence-corrected chi connectivity index (χ0v) is 9.85. The van der Waals surface area contributed by atoms with E-state index < -0.39 is 36.6 Å². The summed E-state index contributed by atoms with van der Waals surface area (Å²) in [6.45, 7) is 1.43. The summed E-state index contributed by atoms with van der Waals surface area (Å²) in [4.78, 5) is 22.1. The van der Waals surface area contributed by atoms with Crippen LogP contribution in [-0.2, 0) is 14.3 Å². The highest BCUT2D eigenvalue weighted by molar-refractivity contribution is 5.88. The topological polar surface area (TPSA) is 46.6 Å². The zero-order valence-electron chi connectivity index (χ0n) is 9.85. The lowest BCUT2D eigenvalue weighted by molar-refractivity contribution is -0.275. The predicted octanol–water partition coefficient (Wildman–Crippen LogP) is 1.59. The van der Waals surface area contributed by atoms with Crippen molar-refractivity contribution in [2.75, 3.05) is 13.7 Å². The molecule has 0 bridgehead atoms. The van der Waals surface area contributed by atoms with Crippen LogP contribution in [-0.4, -0.2) is 48.6 Å². The molecule has 0 aromatic carbocycles. The number of carbonyl (C=O) groups excluding carboxylic acids is 2. The molecule has 0 heterocycles. The fourth-order valence-electron chi connectivity index (χ4n) is 0.994. The third-order valence-electron chi connectivity index (χ3n) is 2.04. The van der Waals surface area contributed by atoms with Gasteiger partial charge in [-0.1, -0.05) is 0 Å². The van der Waals surface area contributed by atoms with Crippen LogP contribution >= 0.6 is 0 Å². The SMILES string of the molecule is COC(=O)CN(C(=O)C(F)(F)C(F)(F)F)C(C)C. The van der Waals surface area contributed by atoms with Crippen molar-refractivity contribution in [1.29, 1.82) is 0 Å². The maximum atomic E-state index is 12.8. The van der Waals surface area contributed by atoms with Gasteiger partial charge in [-0.15, -0.1) is 0 Å². The van der Waals surface area contributed by atoms with Gasteiger partial charge in [0.2, 0.25) is 0 Å². The molecule has 4 nitrogen and oxygen atoms in total. The van der Waals surface area contributed by atoms with Crippen molar-refractivity contribution in [2.45, 2.75) is 32.0 Å². The molecule has 0 aromatic heterocycles. The van der Waals surface area contributed by atoms with Gasteiger partial charge in [0.1, 0.15) is 6.54 Å². The van der Waals surface area contributed by atoms with Crippen LogP contribution in [0.4, 0.5) is 22.0 Å². The van der Waals surface area contributed by atoms with Gasteiger partial charge in [0.25, 0.3) is 0 Å². The summed E-state index contributed by atoms with van der Waals surface area (Å²) in [7, 11) is 0.924. The van der Waals surface area contributed by atoms with Crippen LogP contribution in [0.25, 0.3) is 0 Å². The van der Waals surface area contributed by atoms with E-state index in [2.05, 4.69) is 4.74 Å². The van der Waals surface area contributed by atoms with Crippen molar-refractivity contribution in [3.8, 4) is 0 Å². The standard InChI is InChI=1S/C9H12F5NO3/c1-5(2)15(4-6(16)18-3)7(17)8(10,11)9(12,13)14/h5H,4H2,1-3H3. The Morgan fingerprint density at radius 2 is 1.61 bits per heavy atom. The first kappa shape index (κ1) is 16.6. The van der Waals surface area contributed by atoms with Crippen molar-refractivity contribution in [2.24, 2.45) is 0 Å². The van der Waals surface area contributed by atoms with Crippen LogP contribution in [0.5, 0.6) is 0 Å². The molecule has 1 amide bonds. The molecule has 0 saturated carbocycles. The fraction of sp³-hybridized carbons (Fsp3) is 0.778. The quantitative estimate of drug-likeness (QED) is 0.579. The number of hydrogen-bond donors (Lipinski definition) is 0.